The van der Waals surface area contributed by atoms with Crippen LogP contribution in [0.15, 0.2) is 15.4 Å². The molecule has 0 spiro atoms. The number of carbonyl (C=O) groups is 1. The lowest BCUT2D eigenvalue weighted by molar-refractivity contribution is 0.0888. The smallest absolute Gasteiger partial charge is 0.287 e. The van der Waals surface area contributed by atoms with Crippen LogP contribution in [0.4, 0.5) is 0 Å². The minimum atomic E-state index is -3.91. The summed E-state index contributed by atoms with van der Waals surface area (Å²) in [5, 5.41) is 2.80. The summed E-state index contributed by atoms with van der Waals surface area (Å²) in [5.74, 6) is -0.393. The van der Waals surface area contributed by atoms with E-state index in [4.69, 9.17) is 19.8 Å². The van der Waals surface area contributed by atoms with Gasteiger partial charge in [-0.25, -0.2) is 8.42 Å². The fourth-order valence-corrected chi connectivity index (χ4v) is 3.45. The summed E-state index contributed by atoms with van der Waals surface area (Å²) in [7, 11) is 2.99. The summed E-state index contributed by atoms with van der Waals surface area (Å²) in [4.78, 5) is 11.8. The summed E-state index contributed by atoms with van der Waals surface area (Å²) in [6.45, 7) is 1.45. The zero-order chi connectivity index (χ0) is 14.9. The second-order valence-electron chi connectivity index (χ2n) is 4.81. The van der Waals surface area contributed by atoms with Crippen molar-refractivity contribution in [1.29, 1.82) is 0 Å². The van der Waals surface area contributed by atoms with Gasteiger partial charge in [-0.2, -0.15) is 0 Å². The highest BCUT2D eigenvalue weighted by molar-refractivity contribution is 8.13. The molecule has 1 aromatic heterocycles. The van der Waals surface area contributed by atoms with E-state index in [0.29, 0.717) is 0 Å². The Kier molecular flexibility index (Phi) is 4.41. The van der Waals surface area contributed by atoms with Gasteiger partial charge in [-0.1, -0.05) is 0 Å². The molecule has 0 aliphatic heterocycles. The van der Waals surface area contributed by atoms with Crippen molar-refractivity contribution in [3.05, 3.63) is 17.6 Å². The highest BCUT2D eigenvalue weighted by atomic mass is 35.7. The maximum atomic E-state index is 12.0. The molecule has 2 rings (SSSR count). The molecule has 2 unspecified atom stereocenters. The summed E-state index contributed by atoms with van der Waals surface area (Å²) in [6.07, 6.45) is 2.60. The zero-order valence-corrected chi connectivity index (χ0v) is 12.8. The largest absolute Gasteiger partial charge is 0.455 e. The van der Waals surface area contributed by atoms with Gasteiger partial charge in [-0.15, -0.1) is 0 Å². The maximum absolute atomic E-state index is 12.0. The third-order valence-corrected chi connectivity index (χ3v) is 4.84. The Morgan fingerprint density at radius 2 is 2.20 bits per heavy atom. The van der Waals surface area contributed by atoms with Crippen LogP contribution in [-0.2, 0) is 13.8 Å². The van der Waals surface area contributed by atoms with Crippen molar-refractivity contribution in [2.75, 3.05) is 7.11 Å². The molecule has 1 heterocycles. The van der Waals surface area contributed by atoms with E-state index in [9.17, 15) is 13.2 Å². The lowest BCUT2D eigenvalue weighted by atomic mass is 10.2. The Bertz CT molecular complexity index is 609. The van der Waals surface area contributed by atoms with Crippen molar-refractivity contribution in [3.63, 3.8) is 0 Å². The van der Waals surface area contributed by atoms with Gasteiger partial charge in [0.05, 0.1) is 6.10 Å². The number of nitrogens with one attached hydrogen (secondary N) is 1. The van der Waals surface area contributed by atoms with Crippen molar-refractivity contribution in [3.8, 4) is 0 Å². The van der Waals surface area contributed by atoms with Crippen molar-refractivity contribution >= 4 is 25.6 Å². The highest BCUT2D eigenvalue weighted by Crippen LogP contribution is 2.25. The SMILES string of the molecule is COC1CCC(NC(=O)c2cc(S(=O)(=O)Cl)c(C)o2)C1. The van der Waals surface area contributed by atoms with Crippen LogP contribution in [0.3, 0.4) is 0 Å². The summed E-state index contributed by atoms with van der Waals surface area (Å²) in [6, 6.07) is 1.16. The molecule has 0 saturated heterocycles. The van der Waals surface area contributed by atoms with Gasteiger partial charge in [0.2, 0.25) is 0 Å². The normalized spacial score (nSPS) is 22.9. The number of ether oxygens (including phenoxy) is 1. The minimum Gasteiger partial charge on any atom is -0.455 e. The molecule has 0 bridgehead atoms. The Hall–Kier alpha value is -1.05. The number of rotatable bonds is 4. The zero-order valence-electron chi connectivity index (χ0n) is 11.2. The molecule has 1 amide bonds. The Morgan fingerprint density at radius 1 is 1.50 bits per heavy atom. The molecular formula is C12H16ClNO5S. The third kappa shape index (κ3) is 3.34. The van der Waals surface area contributed by atoms with Crippen molar-refractivity contribution in [2.24, 2.45) is 0 Å². The van der Waals surface area contributed by atoms with Crippen LogP contribution in [0.25, 0.3) is 0 Å². The molecule has 0 aromatic carbocycles. The minimum absolute atomic E-state index is 0.00825. The number of carbonyl (C=O) groups excluding carboxylic acids is 1. The predicted octanol–water partition coefficient (Wildman–Crippen LogP) is 1.81. The van der Waals surface area contributed by atoms with Crippen LogP contribution >= 0.6 is 10.7 Å². The van der Waals surface area contributed by atoms with Crippen LogP contribution in [0.2, 0.25) is 0 Å². The van der Waals surface area contributed by atoms with Crippen molar-refractivity contribution < 1.29 is 22.4 Å². The lowest BCUT2D eigenvalue weighted by Crippen LogP contribution is -2.33. The van der Waals surface area contributed by atoms with E-state index in [2.05, 4.69) is 5.32 Å². The molecule has 20 heavy (non-hydrogen) atoms. The first-order valence-electron chi connectivity index (χ1n) is 6.20. The number of hydrogen-bond acceptors (Lipinski definition) is 5. The standard InChI is InChI=1S/C12H16ClNO5S/c1-7-11(20(13,16)17)6-10(19-7)12(15)14-8-3-4-9(5-8)18-2/h6,8-9H,3-5H2,1-2H3,(H,14,15). The van der Waals surface area contributed by atoms with Crippen molar-refractivity contribution in [2.45, 2.75) is 43.2 Å². The molecular weight excluding hydrogens is 306 g/mol. The van der Waals surface area contributed by atoms with Gasteiger partial charge in [0, 0.05) is 29.9 Å². The van der Waals surface area contributed by atoms with Gasteiger partial charge >= 0.3 is 0 Å². The van der Waals surface area contributed by atoms with Gasteiger partial charge < -0.3 is 14.5 Å². The number of halogens is 1. The average molecular weight is 322 g/mol. The summed E-state index contributed by atoms with van der Waals surface area (Å²) < 4.78 is 32.9. The van der Waals surface area contributed by atoms with E-state index in [1.54, 1.807) is 7.11 Å². The molecule has 1 aromatic rings. The molecule has 6 nitrogen and oxygen atoms in total. The number of aryl methyl sites for hydroxylation is 1. The fraction of sp³-hybridized carbons (Fsp3) is 0.583. The second-order valence-corrected chi connectivity index (χ2v) is 7.34. The predicted molar refractivity (Wildman–Crippen MR) is 72.4 cm³/mol. The van der Waals surface area contributed by atoms with E-state index in [1.807, 2.05) is 0 Å². The average Bonchev–Trinajstić information content (AvgIpc) is 2.94. The first kappa shape index (κ1) is 15.3. The van der Waals surface area contributed by atoms with Gasteiger partial charge in [-0.3, -0.25) is 4.79 Å². The molecule has 1 fully saturated rings. The van der Waals surface area contributed by atoms with Crippen LogP contribution in [0, 0.1) is 6.92 Å². The molecule has 8 heteroatoms. The maximum Gasteiger partial charge on any atom is 0.287 e. The molecule has 1 aliphatic carbocycles. The third-order valence-electron chi connectivity index (χ3n) is 3.41. The van der Waals surface area contributed by atoms with Gasteiger partial charge in [0.25, 0.3) is 15.0 Å². The van der Waals surface area contributed by atoms with E-state index in [0.717, 1.165) is 25.3 Å². The second kappa shape index (κ2) is 5.75. The Labute approximate surface area is 121 Å². The van der Waals surface area contributed by atoms with Crippen LogP contribution in [0.1, 0.15) is 35.6 Å². The fourth-order valence-electron chi connectivity index (χ4n) is 2.36. The van der Waals surface area contributed by atoms with E-state index in [1.165, 1.54) is 6.92 Å². The molecule has 0 radical (unpaired) electrons. The number of hydrogen-bond donors (Lipinski definition) is 1. The highest BCUT2D eigenvalue weighted by Gasteiger charge is 2.28. The first-order chi connectivity index (χ1) is 9.31. The molecule has 112 valence electrons. The summed E-state index contributed by atoms with van der Waals surface area (Å²) in [5.41, 5.74) is 0. The Balaban J connectivity index is 2.07. The van der Waals surface area contributed by atoms with Crippen molar-refractivity contribution in [1.82, 2.24) is 5.32 Å². The van der Waals surface area contributed by atoms with Crippen LogP contribution in [0.5, 0.6) is 0 Å². The molecule has 1 saturated carbocycles. The van der Waals surface area contributed by atoms with Gasteiger partial charge in [0.15, 0.2) is 5.76 Å². The quantitative estimate of drug-likeness (QED) is 0.855. The van der Waals surface area contributed by atoms with E-state index >= 15 is 0 Å². The summed E-state index contributed by atoms with van der Waals surface area (Å²) >= 11 is 0. The monoisotopic (exact) mass is 321 g/mol. The van der Waals surface area contributed by atoms with E-state index in [-0.39, 0.29) is 28.6 Å². The van der Waals surface area contributed by atoms with Crippen LogP contribution in [-0.4, -0.2) is 33.6 Å². The van der Waals surface area contributed by atoms with E-state index < -0.39 is 15.0 Å². The number of amides is 1. The van der Waals surface area contributed by atoms with Gasteiger partial charge in [-0.05, 0) is 26.2 Å². The van der Waals surface area contributed by atoms with Gasteiger partial charge in [0.1, 0.15) is 10.7 Å². The molecule has 1 N–H and O–H groups in total. The van der Waals surface area contributed by atoms with Crippen LogP contribution < -0.4 is 5.32 Å². The number of furan rings is 1. The first-order valence-corrected chi connectivity index (χ1v) is 8.51. The number of methoxy groups -OCH3 is 1. The molecule has 1 aliphatic rings. The Morgan fingerprint density at radius 3 is 2.70 bits per heavy atom. The topological polar surface area (TPSA) is 85.6 Å². The molecule has 2 atom stereocenters. The lowest BCUT2D eigenvalue weighted by Gasteiger charge is -2.11.